The molecule has 0 radical (unpaired) electrons. The Morgan fingerprint density at radius 1 is 1.07 bits per heavy atom. The van der Waals surface area contributed by atoms with Gasteiger partial charge >= 0.3 is 0 Å². The Bertz CT molecular complexity index is 1090. The van der Waals surface area contributed by atoms with Crippen LogP contribution in [0.2, 0.25) is 0 Å². The van der Waals surface area contributed by atoms with Crippen LogP contribution in [0.25, 0.3) is 0 Å². The molecule has 1 aromatic heterocycles. The van der Waals surface area contributed by atoms with E-state index in [0.29, 0.717) is 6.54 Å². The molecule has 28 heavy (non-hydrogen) atoms. The lowest BCUT2D eigenvalue weighted by Crippen LogP contribution is -2.23. The summed E-state index contributed by atoms with van der Waals surface area (Å²) in [6.07, 6.45) is 0. The van der Waals surface area contributed by atoms with Gasteiger partial charge in [0.25, 0.3) is 5.69 Å². The molecule has 1 heterocycles. The highest BCUT2D eigenvalue weighted by Gasteiger charge is 2.18. The zero-order chi connectivity index (χ0) is 20.3. The first-order chi connectivity index (χ1) is 13.3. The first-order valence-corrected chi connectivity index (χ1v) is 10.1. The Balaban J connectivity index is 1.75. The molecule has 2 aromatic carbocycles. The van der Waals surface area contributed by atoms with Gasteiger partial charge in [-0.1, -0.05) is 30.3 Å². The minimum Gasteiger partial charge on any atom is -0.265 e. The predicted molar refractivity (Wildman–Crippen MR) is 104 cm³/mol. The number of nitrogens with one attached hydrogen (secondary N) is 1. The third kappa shape index (κ3) is 4.26. The molecule has 146 valence electrons. The molecule has 0 amide bonds. The number of nitro benzene ring substituents is 1. The molecule has 0 saturated carbocycles. The third-order valence-electron chi connectivity index (χ3n) is 4.50. The number of nitrogens with zero attached hydrogens (tertiary/aromatic N) is 3. The van der Waals surface area contributed by atoms with Crippen LogP contribution in [-0.4, -0.2) is 23.1 Å². The SMILES string of the molecule is Cc1nn(Cc2ccccc2)c(C)c1CNS(=O)(=O)c1ccc([N+](=O)[O-])cc1. The van der Waals surface area contributed by atoms with Crippen molar-refractivity contribution in [2.75, 3.05) is 0 Å². The van der Waals surface area contributed by atoms with Crippen LogP contribution in [0.3, 0.4) is 0 Å². The highest BCUT2D eigenvalue weighted by atomic mass is 32.2. The van der Waals surface area contributed by atoms with Crippen molar-refractivity contribution in [2.45, 2.75) is 31.8 Å². The van der Waals surface area contributed by atoms with Crippen molar-refractivity contribution in [3.8, 4) is 0 Å². The minimum atomic E-state index is -3.79. The second-order valence-electron chi connectivity index (χ2n) is 6.37. The summed E-state index contributed by atoms with van der Waals surface area (Å²) in [5.74, 6) is 0. The molecule has 8 nitrogen and oxygen atoms in total. The smallest absolute Gasteiger partial charge is 0.265 e. The molecule has 3 rings (SSSR count). The van der Waals surface area contributed by atoms with E-state index in [9.17, 15) is 18.5 Å². The molecule has 0 saturated heterocycles. The van der Waals surface area contributed by atoms with Crippen LogP contribution < -0.4 is 4.72 Å². The quantitative estimate of drug-likeness (QED) is 0.485. The Morgan fingerprint density at radius 3 is 2.32 bits per heavy atom. The highest BCUT2D eigenvalue weighted by molar-refractivity contribution is 7.89. The van der Waals surface area contributed by atoms with Crippen LogP contribution in [0.5, 0.6) is 0 Å². The van der Waals surface area contributed by atoms with E-state index >= 15 is 0 Å². The summed E-state index contributed by atoms with van der Waals surface area (Å²) in [5, 5.41) is 15.2. The lowest BCUT2D eigenvalue weighted by Gasteiger charge is -2.08. The molecule has 0 fully saturated rings. The van der Waals surface area contributed by atoms with E-state index in [1.54, 1.807) is 0 Å². The van der Waals surface area contributed by atoms with Gasteiger partial charge in [0.15, 0.2) is 0 Å². The van der Waals surface area contributed by atoms with E-state index in [2.05, 4.69) is 9.82 Å². The minimum absolute atomic E-state index is 0.0231. The fraction of sp³-hybridized carbons (Fsp3) is 0.211. The Hall–Kier alpha value is -3.04. The monoisotopic (exact) mass is 400 g/mol. The molecule has 0 unspecified atom stereocenters. The van der Waals surface area contributed by atoms with E-state index in [4.69, 9.17) is 0 Å². The molecule has 0 aliphatic carbocycles. The number of sulfonamides is 1. The number of hydrogen-bond donors (Lipinski definition) is 1. The van der Waals surface area contributed by atoms with Gasteiger partial charge in [-0.05, 0) is 31.5 Å². The number of rotatable bonds is 7. The van der Waals surface area contributed by atoms with Gasteiger partial charge in [-0.2, -0.15) is 5.10 Å². The van der Waals surface area contributed by atoms with Gasteiger partial charge in [0.2, 0.25) is 10.0 Å². The summed E-state index contributed by atoms with van der Waals surface area (Å²) in [5.41, 5.74) is 3.38. The Morgan fingerprint density at radius 2 is 1.71 bits per heavy atom. The van der Waals surface area contributed by atoms with Crippen LogP contribution in [0.15, 0.2) is 59.5 Å². The van der Waals surface area contributed by atoms with Crippen LogP contribution >= 0.6 is 0 Å². The lowest BCUT2D eigenvalue weighted by atomic mass is 10.2. The van der Waals surface area contributed by atoms with E-state index in [0.717, 1.165) is 22.5 Å². The summed E-state index contributed by atoms with van der Waals surface area (Å²) in [6, 6.07) is 14.7. The summed E-state index contributed by atoms with van der Waals surface area (Å²) in [4.78, 5) is 10.1. The van der Waals surface area contributed by atoms with Crippen LogP contribution in [0, 0.1) is 24.0 Å². The number of benzene rings is 2. The third-order valence-corrected chi connectivity index (χ3v) is 5.92. The van der Waals surface area contributed by atoms with Crippen molar-refractivity contribution in [1.82, 2.24) is 14.5 Å². The first kappa shape index (κ1) is 19.7. The van der Waals surface area contributed by atoms with E-state index in [1.165, 1.54) is 24.3 Å². The van der Waals surface area contributed by atoms with Gasteiger partial charge in [-0.25, -0.2) is 13.1 Å². The van der Waals surface area contributed by atoms with Crippen LogP contribution in [-0.2, 0) is 23.1 Å². The number of non-ortho nitro benzene ring substituents is 1. The van der Waals surface area contributed by atoms with Gasteiger partial charge < -0.3 is 0 Å². The normalized spacial score (nSPS) is 11.5. The molecular weight excluding hydrogens is 380 g/mol. The summed E-state index contributed by atoms with van der Waals surface area (Å²) >= 11 is 0. The van der Waals surface area contributed by atoms with E-state index < -0.39 is 14.9 Å². The average Bonchev–Trinajstić information content (AvgIpc) is 2.94. The second kappa shape index (κ2) is 7.91. The van der Waals surface area contributed by atoms with Gasteiger partial charge in [0.1, 0.15) is 0 Å². The van der Waals surface area contributed by atoms with E-state index in [-0.39, 0.29) is 17.1 Å². The maximum atomic E-state index is 12.5. The van der Waals surface area contributed by atoms with Crippen LogP contribution in [0.1, 0.15) is 22.5 Å². The molecular formula is C19H20N4O4S. The van der Waals surface area contributed by atoms with Gasteiger partial charge in [0, 0.05) is 29.9 Å². The van der Waals surface area contributed by atoms with Crippen molar-refractivity contribution >= 4 is 15.7 Å². The molecule has 0 aliphatic heterocycles. The zero-order valence-corrected chi connectivity index (χ0v) is 16.3. The summed E-state index contributed by atoms with van der Waals surface area (Å²) in [7, 11) is -3.79. The average molecular weight is 400 g/mol. The van der Waals surface area contributed by atoms with Gasteiger partial charge in [0.05, 0.1) is 22.1 Å². The molecule has 0 bridgehead atoms. The molecule has 0 aliphatic rings. The fourth-order valence-corrected chi connectivity index (χ4v) is 3.89. The second-order valence-corrected chi connectivity index (χ2v) is 8.14. The number of aryl methyl sites for hydroxylation is 1. The summed E-state index contributed by atoms with van der Waals surface area (Å²) in [6.45, 7) is 4.43. The van der Waals surface area contributed by atoms with E-state index in [1.807, 2.05) is 48.9 Å². The number of nitro groups is 1. The van der Waals surface area contributed by atoms with Gasteiger partial charge in [-0.3, -0.25) is 14.8 Å². The number of hydrogen-bond acceptors (Lipinski definition) is 5. The van der Waals surface area contributed by atoms with Crippen molar-refractivity contribution < 1.29 is 13.3 Å². The zero-order valence-electron chi connectivity index (χ0n) is 15.5. The maximum Gasteiger partial charge on any atom is 0.269 e. The molecule has 0 atom stereocenters. The highest BCUT2D eigenvalue weighted by Crippen LogP contribution is 2.18. The van der Waals surface area contributed by atoms with Crippen molar-refractivity contribution in [2.24, 2.45) is 0 Å². The first-order valence-electron chi connectivity index (χ1n) is 8.59. The predicted octanol–water partition coefficient (Wildman–Crippen LogP) is 2.93. The number of aromatic nitrogens is 2. The van der Waals surface area contributed by atoms with Crippen molar-refractivity contribution in [3.05, 3.63) is 87.2 Å². The molecule has 0 spiro atoms. The largest absolute Gasteiger partial charge is 0.269 e. The lowest BCUT2D eigenvalue weighted by molar-refractivity contribution is -0.384. The van der Waals surface area contributed by atoms with Crippen molar-refractivity contribution in [3.63, 3.8) is 0 Å². The Kier molecular flexibility index (Phi) is 5.57. The molecule has 3 aromatic rings. The van der Waals surface area contributed by atoms with Crippen LogP contribution in [0.4, 0.5) is 5.69 Å². The molecule has 1 N–H and O–H groups in total. The standard InChI is InChI=1S/C19H20N4O4S/c1-14-19(15(2)22(21-14)13-16-6-4-3-5-7-16)12-20-28(26,27)18-10-8-17(9-11-18)23(24)25/h3-11,20H,12-13H2,1-2H3. The summed E-state index contributed by atoms with van der Waals surface area (Å²) < 4.78 is 29.4. The van der Waals surface area contributed by atoms with Gasteiger partial charge in [-0.15, -0.1) is 0 Å². The Labute approximate surface area is 163 Å². The molecule has 9 heteroatoms. The topological polar surface area (TPSA) is 107 Å². The fourth-order valence-electron chi connectivity index (χ4n) is 2.90. The van der Waals surface area contributed by atoms with Crippen molar-refractivity contribution in [1.29, 1.82) is 0 Å². The maximum absolute atomic E-state index is 12.5.